The predicted octanol–water partition coefficient (Wildman–Crippen LogP) is 0.264. The van der Waals surface area contributed by atoms with E-state index in [1.807, 2.05) is 0 Å². The van der Waals surface area contributed by atoms with Crippen molar-refractivity contribution in [2.45, 2.75) is 24.3 Å². The van der Waals surface area contributed by atoms with Crippen molar-refractivity contribution in [1.29, 1.82) is 0 Å². The van der Waals surface area contributed by atoms with Gasteiger partial charge in [0.15, 0.2) is 0 Å². The maximum Gasteiger partial charge on any atom is 0.244 e. The Balaban J connectivity index is 2.08. The van der Waals surface area contributed by atoms with Gasteiger partial charge in [-0.15, -0.1) is 0 Å². The van der Waals surface area contributed by atoms with E-state index in [2.05, 4.69) is 16.8 Å². The van der Waals surface area contributed by atoms with Crippen LogP contribution in [0.15, 0.2) is 23.4 Å². The lowest BCUT2D eigenvalue weighted by molar-refractivity contribution is 0.137. The summed E-state index contributed by atoms with van der Waals surface area (Å²) in [6.07, 6.45) is 3.11. The first-order chi connectivity index (χ1) is 9.98. The van der Waals surface area contributed by atoms with Crippen LogP contribution in [-0.2, 0) is 10.0 Å². The van der Waals surface area contributed by atoms with Gasteiger partial charge in [-0.2, -0.15) is 4.31 Å². The number of halogens is 1. The van der Waals surface area contributed by atoms with Gasteiger partial charge in [0.05, 0.1) is 6.20 Å². The van der Waals surface area contributed by atoms with Gasteiger partial charge in [0.1, 0.15) is 10.7 Å². The van der Waals surface area contributed by atoms with Crippen LogP contribution in [0, 0.1) is 5.82 Å². The summed E-state index contributed by atoms with van der Waals surface area (Å²) >= 11 is 0. The number of nitrogens with two attached hydrogens (primary N) is 1. The molecule has 1 fully saturated rings. The number of sulfonamides is 1. The van der Waals surface area contributed by atoms with Gasteiger partial charge in [0, 0.05) is 45.0 Å². The molecule has 8 heteroatoms. The fraction of sp³-hybridized carbons (Fsp3) is 0.615. The quantitative estimate of drug-likeness (QED) is 0.843. The average molecular weight is 316 g/mol. The fourth-order valence-electron chi connectivity index (χ4n) is 2.57. The Labute approximate surface area is 124 Å². The third-order valence-corrected chi connectivity index (χ3v) is 5.71. The summed E-state index contributed by atoms with van der Waals surface area (Å²) in [5.74, 6) is -0.649. The fourth-order valence-corrected chi connectivity index (χ4v) is 3.96. The van der Waals surface area contributed by atoms with E-state index in [-0.39, 0.29) is 10.9 Å². The second-order valence-electron chi connectivity index (χ2n) is 5.08. The summed E-state index contributed by atoms with van der Waals surface area (Å²) < 4.78 is 39.4. The van der Waals surface area contributed by atoms with Crippen LogP contribution in [0.3, 0.4) is 0 Å². The zero-order valence-corrected chi connectivity index (χ0v) is 12.9. The maximum atomic E-state index is 13.2. The molecule has 0 amide bonds. The second-order valence-corrected chi connectivity index (χ2v) is 7.01. The summed E-state index contributed by atoms with van der Waals surface area (Å²) in [7, 11) is -3.67. The van der Waals surface area contributed by atoms with Crippen molar-refractivity contribution < 1.29 is 12.8 Å². The normalized spacial score (nSPS) is 19.6. The third kappa shape index (κ3) is 3.57. The standard InChI is InChI=1S/C13H21FN4O2S/c1-2-12(8-15)17-3-5-18(6-4-17)21(19,20)13-7-11(14)9-16-10-13/h7,9-10,12H,2-6,8,15H2,1H3. The van der Waals surface area contributed by atoms with Gasteiger partial charge in [-0.1, -0.05) is 6.92 Å². The molecule has 0 saturated carbocycles. The second kappa shape index (κ2) is 6.78. The number of nitrogens with zero attached hydrogens (tertiary/aromatic N) is 3. The largest absolute Gasteiger partial charge is 0.329 e. The van der Waals surface area contributed by atoms with Crippen molar-refractivity contribution in [2.24, 2.45) is 5.73 Å². The molecular weight excluding hydrogens is 295 g/mol. The monoisotopic (exact) mass is 316 g/mol. The van der Waals surface area contributed by atoms with E-state index in [0.29, 0.717) is 32.7 Å². The number of pyridine rings is 1. The SMILES string of the molecule is CCC(CN)N1CCN(S(=O)(=O)c2cncc(F)c2)CC1. The highest BCUT2D eigenvalue weighted by Gasteiger charge is 2.30. The van der Waals surface area contributed by atoms with Crippen LogP contribution >= 0.6 is 0 Å². The van der Waals surface area contributed by atoms with E-state index >= 15 is 0 Å². The molecule has 2 N–H and O–H groups in total. The lowest BCUT2D eigenvalue weighted by atomic mass is 10.1. The summed E-state index contributed by atoms with van der Waals surface area (Å²) in [6.45, 7) is 4.68. The summed E-state index contributed by atoms with van der Waals surface area (Å²) in [5, 5.41) is 0. The Kier molecular flexibility index (Phi) is 5.26. The summed E-state index contributed by atoms with van der Waals surface area (Å²) in [5.41, 5.74) is 5.72. The minimum absolute atomic E-state index is 0.0955. The minimum atomic E-state index is -3.67. The first kappa shape index (κ1) is 16.3. The Bertz CT molecular complexity index is 569. The van der Waals surface area contributed by atoms with E-state index in [1.54, 1.807) is 0 Å². The topological polar surface area (TPSA) is 79.5 Å². The highest BCUT2D eigenvalue weighted by Crippen LogP contribution is 2.18. The molecule has 1 aromatic rings. The molecule has 2 heterocycles. The Morgan fingerprint density at radius 1 is 1.33 bits per heavy atom. The van der Waals surface area contributed by atoms with E-state index in [0.717, 1.165) is 18.7 Å². The van der Waals surface area contributed by atoms with E-state index < -0.39 is 15.8 Å². The molecule has 1 aromatic heterocycles. The van der Waals surface area contributed by atoms with Crippen molar-refractivity contribution in [3.8, 4) is 0 Å². The third-order valence-electron chi connectivity index (χ3n) is 3.85. The lowest BCUT2D eigenvalue weighted by Gasteiger charge is -2.38. The van der Waals surface area contributed by atoms with Crippen molar-refractivity contribution in [3.05, 3.63) is 24.3 Å². The molecule has 0 spiro atoms. The van der Waals surface area contributed by atoms with Gasteiger partial charge < -0.3 is 5.73 Å². The molecule has 0 aliphatic carbocycles. The van der Waals surface area contributed by atoms with Crippen LogP contribution in [0.2, 0.25) is 0 Å². The molecule has 2 rings (SSSR count). The van der Waals surface area contributed by atoms with Gasteiger partial charge in [0.2, 0.25) is 10.0 Å². The zero-order valence-electron chi connectivity index (χ0n) is 12.1. The molecule has 1 unspecified atom stereocenters. The molecule has 1 aliphatic heterocycles. The summed E-state index contributed by atoms with van der Waals surface area (Å²) in [4.78, 5) is 5.72. The molecule has 1 saturated heterocycles. The van der Waals surface area contributed by atoms with Gasteiger partial charge in [0.25, 0.3) is 0 Å². The Morgan fingerprint density at radius 2 is 2.00 bits per heavy atom. The van der Waals surface area contributed by atoms with Crippen molar-refractivity contribution >= 4 is 10.0 Å². The van der Waals surface area contributed by atoms with Crippen LogP contribution < -0.4 is 5.73 Å². The summed E-state index contributed by atoms with van der Waals surface area (Å²) in [6, 6.07) is 1.29. The molecule has 6 nitrogen and oxygen atoms in total. The molecule has 118 valence electrons. The average Bonchev–Trinajstić information content (AvgIpc) is 2.49. The number of hydrogen-bond donors (Lipinski definition) is 1. The Morgan fingerprint density at radius 3 is 2.52 bits per heavy atom. The molecule has 1 aliphatic rings. The molecular formula is C13H21FN4O2S. The molecule has 21 heavy (non-hydrogen) atoms. The van der Waals surface area contributed by atoms with Crippen molar-refractivity contribution in [3.63, 3.8) is 0 Å². The van der Waals surface area contributed by atoms with Crippen LogP contribution in [0.4, 0.5) is 4.39 Å². The van der Waals surface area contributed by atoms with Crippen molar-refractivity contribution in [1.82, 2.24) is 14.2 Å². The molecule has 0 aromatic carbocycles. The minimum Gasteiger partial charge on any atom is -0.329 e. The number of piperazine rings is 1. The van der Waals surface area contributed by atoms with Crippen LogP contribution in [-0.4, -0.2) is 61.4 Å². The van der Waals surface area contributed by atoms with Gasteiger partial charge >= 0.3 is 0 Å². The van der Waals surface area contributed by atoms with E-state index in [4.69, 9.17) is 5.73 Å². The van der Waals surface area contributed by atoms with Crippen LogP contribution in [0.5, 0.6) is 0 Å². The van der Waals surface area contributed by atoms with Gasteiger partial charge in [-0.3, -0.25) is 9.88 Å². The zero-order chi connectivity index (χ0) is 15.5. The molecule has 0 radical (unpaired) electrons. The highest BCUT2D eigenvalue weighted by atomic mass is 32.2. The first-order valence-electron chi connectivity index (χ1n) is 7.04. The van der Waals surface area contributed by atoms with Crippen molar-refractivity contribution in [2.75, 3.05) is 32.7 Å². The number of aromatic nitrogens is 1. The predicted molar refractivity (Wildman–Crippen MR) is 77.7 cm³/mol. The van der Waals surface area contributed by atoms with E-state index in [1.165, 1.54) is 10.5 Å². The van der Waals surface area contributed by atoms with Gasteiger partial charge in [-0.05, 0) is 12.5 Å². The van der Waals surface area contributed by atoms with Gasteiger partial charge in [-0.25, -0.2) is 12.8 Å². The van der Waals surface area contributed by atoms with Crippen LogP contribution in [0.1, 0.15) is 13.3 Å². The number of rotatable bonds is 5. The molecule has 0 bridgehead atoms. The Hall–Kier alpha value is -1.09. The first-order valence-corrected chi connectivity index (χ1v) is 8.48. The lowest BCUT2D eigenvalue weighted by Crippen LogP contribution is -2.53. The number of hydrogen-bond acceptors (Lipinski definition) is 5. The smallest absolute Gasteiger partial charge is 0.244 e. The maximum absolute atomic E-state index is 13.2. The van der Waals surface area contributed by atoms with E-state index in [9.17, 15) is 12.8 Å². The van der Waals surface area contributed by atoms with Crippen LogP contribution in [0.25, 0.3) is 0 Å². The highest BCUT2D eigenvalue weighted by molar-refractivity contribution is 7.89. The molecule has 1 atom stereocenters.